The molecule has 0 aliphatic carbocycles. The summed E-state index contributed by atoms with van der Waals surface area (Å²) in [6.07, 6.45) is 0. The van der Waals surface area contributed by atoms with Crippen molar-refractivity contribution in [3.63, 3.8) is 0 Å². The third-order valence-electron chi connectivity index (χ3n) is 3.32. The molecule has 0 aliphatic rings. The molecule has 1 amide bonds. The minimum atomic E-state index is -0.121. The van der Waals surface area contributed by atoms with Crippen molar-refractivity contribution in [2.45, 2.75) is 13.5 Å². The number of benzene rings is 2. The van der Waals surface area contributed by atoms with E-state index in [9.17, 15) is 4.79 Å². The summed E-state index contributed by atoms with van der Waals surface area (Å²) in [4.78, 5) is 12.4. The molecule has 110 valence electrons. The molecule has 0 atom stereocenters. The normalized spacial score (nSPS) is 10.2. The smallest absolute Gasteiger partial charge is 0.255 e. The number of anilines is 2. The predicted octanol–water partition coefficient (Wildman–Crippen LogP) is 3.44. The Morgan fingerprint density at radius 1 is 1.14 bits per heavy atom. The maximum Gasteiger partial charge on any atom is 0.255 e. The average Bonchev–Trinajstić information content (AvgIpc) is 2.49. The van der Waals surface area contributed by atoms with Crippen molar-refractivity contribution in [1.29, 1.82) is 0 Å². The summed E-state index contributed by atoms with van der Waals surface area (Å²) >= 11 is 0. The van der Waals surface area contributed by atoms with Gasteiger partial charge in [-0.3, -0.25) is 4.79 Å². The lowest BCUT2D eigenvalue weighted by molar-refractivity contribution is 0.102. The summed E-state index contributed by atoms with van der Waals surface area (Å²) < 4.78 is 5.15. The Kier molecular flexibility index (Phi) is 4.95. The van der Waals surface area contributed by atoms with Crippen molar-refractivity contribution in [3.8, 4) is 0 Å². The zero-order chi connectivity index (χ0) is 15.2. The van der Waals surface area contributed by atoms with E-state index < -0.39 is 0 Å². The number of amides is 1. The van der Waals surface area contributed by atoms with E-state index in [4.69, 9.17) is 4.74 Å². The van der Waals surface area contributed by atoms with Crippen LogP contribution in [0.5, 0.6) is 0 Å². The minimum absolute atomic E-state index is 0.121. The van der Waals surface area contributed by atoms with Gasteiger partial charge in [-0.1, -0.05) is 18.2 Å². The van der Waals surface area contributed by atoms with E-state index in [-0.39, 0.29) is 5.91 Å². The van der Waals surface area contributed by atoms with Crippen LogP contribution in [0.4, 0.5) is 11.4 Å². The van der Waals surface area contributed by atoms with Crippen LogP contribution in [-0.4, -0.2) is 20.1 Å². The molecular weight excluding hydrogens is 264 g/mol. The Hall–Kier alpha value is -2.33. The van der Waals surface area contributed by atoms with Crippen molar-refractivity contribution < 1.29 is 9.53 Å². The van der Waals surface area contributed by atoms with Crippen LogP contribution in [0, 0.1) is 6.92 Å². The number of carbonyl (C=O) groups excluding carboxylic acids is 1. The molecule has 2 aromatic rings. The number of carbonyl (C=O) groups is 1. The molecule has 21 heavy (non-hydrogen) atoms. The first-order valence-corrected chi connectivity index (χ1v) is 6.82. The van der Waals surface area contributed by atoms with E-state index in [0.717, 1.165) is 22.5 Å². The van der Waals surface area contributed by atoms with Crippen molar-refractivity contribution in [1.82, 2.24) is 0 Å². The van der Waals surface area contributed by atoms with Crippen molar-refractivity contribution in [2.75, 3.05) is 24.8 Å². The van der Waals surface area contributed by atoms with Gasteiger partial charge in [-0.15, -0.1) is 0 Å². The van der Waals surface area contributed by atoms with Gasteiger partial charge in [0.2, 0.25) is 0 Å². The number of ether oxygens (including phenoxy) is 1. The standard InChI is InChI=1S/C17H20N2O2/c1-12-10-13(8-9-15(12)18-2)17(20)19-16-7-5-4-6-14(16)11-21-3/h4-10,18H,11H2,1-3H3,(H,19,20). The molecule has 0 aliphatic heterocycles. The van der Waals surface area contributed by atoms with Gasteiger partial charge in [-0.25, -0.2) is 0 Å². The zero-order valence-corrected chi connectivity index (χ0v) is 12.6. The number of nitrogens with one attached hydrogen (secondary N) is 2. The summed E-state index contributed by atoms with van der Waals surface area (Å²) in [6.45, 7) is 2.44. The molecule has 0 fully saturated rings. The first kappa shape index (κ1) is 15.1. The Balaban J connectivity index is 2.20. The van der Waals surface area contributed by atoms with Gasteiger partial charge >= 0.3 is 0 Å². The van der Waals surface area contributed by atoms with E-state index in [0.29, 0.717) is 12.2 Å². The fourth-order valence-corrected chi connectivity index (χ4v) is 2.20. The summed E-state index contributed by atoms with van der Waals surface area (Å²) in [5.74, 6) is -0.121. The first-order valence-electron chi connectivity index (χ1n) is 6.82. The third kappa shape index (κ3) is 3.61. The molecule has 0 spiro atoms. The maximum atomic E-state index is 12.4. The van der Waals surface area contributed by atoms with E-state index in [1.165, 1.54) is 0 Å². The lowest BCUT2D eigenvalue weighted by Gasteiger charge is -2.12. The molecule has 0 saturated heterocycles. The minimum Gasteiger partial charge on any atom is -0.388 e. The predicted molar refractivity (Wildman–Crippen MR) is 85.8 cm³/mol. The zero-order valence-electron chi connectivity index (χ0n) is 12.6. The monoisotopic (exact) mass is 284 g/mol. The van der Waals surface area contributed by atoms with Crippen LogP contribution >= 0.6 is 0 Å². The van der Waals surface area contributed by atoms with Gasteiger partial charge in [0.15, 0.2) is 0 Å². The molecule has 0 bridgehead atoms. The molecule has 0 unspecified atom stereocenters. The number of methoxy groups -OCH3 is 1. The number of para-hydroxylation sites is 1. The lowest BCUT2D eigenvalue weighted by Crippen LogP contribution is -2.14. The fraction of sp³-hybridized carbons (Fsp3) is 0.235. The topological polar surface area (TPSA) is 50.4 Å². The van der Waals surface area contributed by atoms with Crippen molar-refractivity contribution in [2.24, 2.45) is 0 Å². The van der Waals surface area contributed by atoms with Crippen molar-refractivity contribution >= 4 is 17.3 Å². The highest BCUT2D eigenvalue weighted by Crippen LogP contribution is 2.19. The van der Waals surface area contributed by atoms with Crippen LogP contribution in [0.2, 0.25) is 0 Å². The van der Waals surface area contributed by atoms with Crippen LogP contribution in [0.3, 0.4) is 0 Å². The number of hydrogen-bond acceptors (Lipinski definition) is 3. The van der Waals surface area contributed by atoms with Crippen LogP contribution < -0.4 is 10.6 Å². The molecule has 2 rings (SSSR count). The van der Waals surface area contributed by atoms with Gasteiger partial charge in [-0.2, -0.15) is 0 Å². The highest BCUT2D eigenvalue weighted by Gasteiger charge is 2.10. The van der Waals surface area contributed by atoms with Crippen LogP contribution in [0.25, 0.3) is 0 Å². The molecule has 2 aromatic carbocycles. The molecule has 0 aromatic heterocycles. The number of aryl methyl sites for hydroxylation is 1. The second-order valence-corrected chi connectivity index (χ2v) is 4.82. The molecule has 0 radical (unpaired) electrons. The van der Waals surface area contributed by atoms with Gasteiger partial charge < -0.3 is 15.4 Å². The molecule has 0 saturated carbocycles. The summed E-state index contributed by atoms with van der Waals surface area (Å²) in [6, 6.07) is 13.2. The Morgan fingerprint density at radius 2 is 1.90 bits per heavy atom. The molecule has 4 nitrogen and oxygen atoms in total. The van der Waals surface area contributed by atoms with Gasteiger partial charge in [0, 0.05) is 36.7 Å². The largest absolute Gasteiger partial charge is 0.388 e. The second kappa shape index (κ2) is 6.90. The Morgan fingerprint density at radius 3 is 2.57 bits per heavy atom. The number of hydrogen-bond donors (Lipinski definition) is 2. The molecule has 4 heteroatoms. The van der Waals surface area contributed by atoms with Crippen molar-refractivity contribution in [3.05, 3.63) is 59.2 Å². The van der Waals surface area contributed by atoms with Gasteiger partial charge in [0.05, 0.1) is 6.61 Å². The van der Waals surface area contributed by atoms with Crippen LogP contribution in [0.1, 0.15) is 21.5 Å². The summed E-state index contributed by atoms with van der Waals surface area (Å²) in [7, 11) is 3.50. The fourth-order valence-electron chi connectivity index (χ4n) is 2.20. The Labute approximate surface area is 125 Å². The van der Waals surface area contributed by atoms with E-state index in [1.807, 2.05) is 56.4 Å². The second-order valence-electron chi connectivity index (χ2n) is 4.82. The van der Waals surface area contributed by atoms with Gasteiger partial charge in [0.25, 0.3) is 5.91 Å². The Bertz CT molecular complexity index is 638. The third-order valence-corrected chi connectivity index (χ3v) is 3.32. The highest BCUT2D eigenvalue weighted by molar-refractivity contribution is 6.05. The van der Waals surface area contributed by atoms with Crippen LogP contribution in [-0.2, 0) is 11.3 Å². The highest BCUT2D eigenvalue weighted by atomic mass is 16.5. The van der Waals surface area contributed by atoms with E-state index in [1.54, 1.807) is 7.11 Å². The summed E-state index contributed by atoms with van der Waals surface area (Å²) in [5, 5.41) is 6.03. The van der Waals surface area contributed by atoms with E-state index >= 15 is 0 Å². The lowest BCUT2D eigenvalue weighted by atomic mass is 10.1. The molecular formula is C17H20N2O2. The maximum absolute atomic E-state index is 12.4. The van der Waals surface area contributed by atoms with Crippen LogP contribution in [0.15, 0.2) is 42.5 Å². The first-order chi connectivity index (χ1) is 10.2. The van der Waals surface area contributed by atoms with Gasteiger partial charge in [0.1, 0.15) is 0 Å². The molecule has 2 N–H and O–H groups in total. The quantitative estimate of drug-likeness (QED) is 0.884. The molecule has 0 heterocycles. The van der Waals surface area contributed by atoms with E-state index in [2.05, 4.69) is 10.6 Å². The average molecular weight is 284 g/mol. The number of rotatable bonds is 5. The SMILES string of the molecule is CNc1ccc(C(=O)Nc2ccccc2COC)cc1C. The van der Waals surface area contributed by atoms with Gasteiger partial charge in [-0.05, 0) is 36.8 Å². The summed E-state index contributed by atoms with van der Waals surface area (Å²) in [5.41, 5.74) is 4.43.